The number of rotatable bonds is 4. The first-order valence-electron chi connectivity index (χ1n) is 6.63. The van der Waals surface area contributed by atoms with E-state index in [9.17, 15) is 4.79 Å². The van der Waals surface area contributed by atoms with Gasteiger partial charge in [-0.05, 0) is 42.3 Å². The van der Waals surface area contributed by atoms with Gasteiger partial charge in [0.05, 0.1) is 0 Å². The average molecular weight is 346 g/mol. The summed E-state index contributed by atoms with van der Waals surface area (Å²) in [6.45, 7) is 6.44. The molecule has 4 nitrogen and oxygen atoms in total. The maximum absolute atomic E-state index is 11.7. The van der Waals surface area contributed by atoms with Gasteiger partial charge in [0, 0.05) is 46.4 Å². The minimum absolute atomic E-state index is 0.0540. The van der Waals surface area contributed by atoms with Crippen LogP contribution in [0.4, 0.5) is 4.79 Å². The normalized spacial score (nSPS) is 20.6. The first-order chi connectivity index (χ1) is 9.10. The van der Waals surface area contributed by atoms with Crippen molar-refractivity contribution in [1.29, 1.82) is 0 Å². The molecule has 0 saturated carbocycles. The number of thiophene rings is 1. The van der Waals surface area contributed by atoms with Crippen LogP contribution in [-0.4, -0.2) is 36.6 Å². The Balaban J connectivity index is 1.83. The Morgan fingerprint density at radius 2 is 2.47 bits per heavy atom. The smallest absolute Gasteiger partial charge is 0.317 e. The second-order valence-corrected chi connectivity index (χ2v) is 6.68. The number of nitrogens with zero attached hydrogens (tertiary/aromatic N) is 1. The molecule has 19 heavy (non-hydrogen) atoms. The summed E-state index contributed by atoms with van der Waals surface area (Å²) in [7, 11) is 0. The van der Waals surface area contributed by atoms with E-state index in [1.165, 1.54) is 4.88 Å². The predicted octanol–water partition coefficient (Wildman–Crippen LogP) is 2.97. The summed E-state index contributed by atoms with van der Waals surface area (Å²) in [4.78, 5) is 14.9. The van der Waals surface area contributed by atoms with Crippen LogP contribution in [0.25, 0.3) is 0 Å². The molecule has 0 spiro atoms. The third kappa shape index (κ3) is 3.94. The second-order valence-electron chi connectivity index (χ2n) is 4.82. The SMILES string of the molecule is CCNC(=O)N1CC[C@@H](N[C@@H](C)c2cc(Br)cs2)C1. The lowest BCUT2D eigenvalue weighted by molar-refractivity contribution is 0.208. The van der Waals surface area contributed by atoms with Gasteiger partial charge in [0.1, 0.15) is 0 Å². The molecule has 0 aliphatic carbocycles. The molecule has 106 valence electrons. The number of nitrogens with one attached hydrogen (secondary N) is 2. The maximum Gasteiger partial charge on any atom is 0.317 e. The van der Waals surface area contributed by atoms with Crippen molar-refractivity contribution >= 4 is 33.3 Å². The summed E-state index contributed by atoms with van der Waals surface area (Å²) >= 11 is 5.23. The summed E-state index contributed by atoms with van der Waals surface area (Å²) in [5.74, 6) is 0. The molecule has 1 fully saturated rings. The van der Waals surface area contributed by atoms with Gasteiger partial charge in [0.25, 0.3) is 0 Å². The molecule has 2 rings (SSSR count). The van der Waals surface area contributed by atoms with E-state index in [4.69, 9.17) is 0 Å². The predicted molar refractivity (Wildman–Crippen MR) is 82.6 cm³/mol. The molecular weight excluding hydrogens is 326 g/mol. The Labute approximate surface area is 126 Å². The molecule has 1 aromatic rings. The second kappa shape index (κ2) is 6.72. The van der Waals surface area contributed by atoms with Gasteiger partial charge < -0.3 is 15.5 Å². The highest BCUT2D eigenvalue weighted by molar-refractivity contribution is 9.10. The molecule has 6 heteroatoms. The van der Waals surface area contributed by atoms with Crippen molar-refractivity contribution in [2.45, 2.75) is 32.4 Å². The van der Waals surface area contributed by atoms with Gasteiger partial charge in [-0.3, -0.25) is 0 Å². The molecular formula is C13H20BrN3OS. The molecule has 0 aromatic carbocycles. The zero-order valence-electron chi connectivity index (χ0n) is 11.3. The molecule has 2 heterocycles. The van der Waals surface area contributed by atoms with Gasteiger partial charge in [-0.15, -0.1) is 11.3 Å². The van der Waals surface area contributed by atoms with Crippen LogP contribution in [0.15, 0.2) is 15.9 Å². The number of halogens is 1. The van der Waals surface area contributed by atoms with Gasteiger partial charge in [0.15, 0.2) is 0 Å². The fourth-order valence-electron chi connectivity index (χ4n) is 2.33. The van der Waals surface area contributed by atoms with Crippen molar-refractivity contribution < 1.29 is 4.79 Å². The fourth-order valence-corrected chi connectivity index (χ4v) is 3.80. The Kier molecular flexibility index (Phi) is 5.24. The highest BCUT2D eigenvalue weighted by Crippen LogP contribution is 2.26. The van der Waals surface area contributed by atoms with Crippen molar-refractivity contribution in [2.24, 2.45) is 0 Å². The van der Waals surface area contributed by atoms with Gasteiger partial charge in [0.2, 0.25) is 0 Å². The zero-order chi connectivity index (χ0) is 13.8. The summed E-state index contributed by atoms with van der Waals surface area (Å²) < 4.78 is 1.14. The van der Waals surface area contributed by atoms with Gasteiger partial charge in [-0.1, -0.05) is 0 Å². The van der Waals surface area contributed by atoms with Gasteiger partial charge >= 0.3 is 6.03 Å². The zero-order valence-corrected chi connectivity index (χ0v) is 13.7. The topological polar surface area (TPSA) is 44.4 Å². The number of hydrogen-bond acceptors (Lipinski definition) is 3. The quantitative estimate of drug-likeness (QED) is 0.880. The highest BCUT2D eigenvalue weighted by Gasteiger charge is 2.27. The molecule has 1 aliphatic heterocycles. The summed E-state index contributed by atoms with van der Waals surface area (Å²) in [6.07, 6.45) is 1.02. The van der Waals surface area contributed by atoms with Gasteiger partial charge in [-0.25, -0.2) is 4.79 Å². The first kappa shape index (κ1) is 14.8. The maximum atomic E-state index is 11.7. The number of amides is 2. The Morgan fingerprint density at radius 1 is 1.68 bits per heavy atom. The number of carbonyl (C=O) groups is 1. The fraction of sp³-hybridized carbons (Fsp3) is 0.615. The molecule has 2 N–H and O–H groups in total. The molecule has 1 saturated heterocycles. The Bertz CT molecular complexity index is 437. The van der Waals surface area contributed by atoms with E-state index in [0.717, 1.165) is 24.0 Å². The van der Waals surface area contributed by atoms with Crippen molar-refractivity contribution in [3.63, 3.8) is 0 Å². The highest BCUT2D eigenvalue weighted by atomic mass is 79.9. The standard InChI is InChI=1S/C13H20BrN3OS/c1-3-15-13(18)17-5-4-11(7-17)16-9(2)12-6-10(14)8-19-12/h6,8-9,11,16H,3-5,7H2,1-2H3,(H,15,18)/t9-,11+/m0/s1. The summed E-state index contributed by atoms with van der Waals surface area (Å²) in [5.41, 5.74) is 0. The van der Waals surface area contributed by atoms with Crippen LogP contribution in [0, 0.1) is 0 Å². The number of hydrogen-bond donors (Lipinski definition) is 2. The minimum atomic E-state index is 0.0540. The third-order valence-electron chi connectivity index (χ3n) is 3.30. The molecule has 2 atom stereocenters. The van der Waals surface area contributed by atoms with Crippen molar-refractivity contribution in [2.75, 3.05) is 19.6 Å². The van der Waals surface area contributed by atoms with Crippen LogP contribution in [0.5, 0.6) is 0 Å². The largest absolute Gasteiger partial charge is 0.338 e. The summed E-state index contributed by atoms with van der Waals surface area (Å²) in [5, 5.41) is 8.56. The molecule has 2 amide bonds. The Hall–Kier alpha value is -0.590. The van der Waals surface area contributed by atoms with Crippen molar-refractivity contribution in [3.8, 4) is 0 Å². The lowest BCUT2D eigenvalue weighted by Gasteiger charge is -2.20. The van der Waals surface area contributed by atoms with E-state index in [1.807, 2.05) is 11.8 Å². The number of carbonyl (C=O) groups excluding carboxylic acids is 1. The van der Waals surface area contributed by atoms with E-state index in [0.29, 0.717) is 18.6 Å². The molecule has 0 bridgehead atoms. The first-order valence-corrected chi connectivity index (χ1v) is 8.30. The van der Waals surface area contributed by atoms with Crippen LogP contribution in [-0.2, 0) is 0 Å². The summed E-state index contributed by atoms with van der Waals surface area (Å²) in [6, 6.07) is 2.92. The van der Waals surface area contributed by atoms with E-state index in [-0.39, 0.29) is 6.03 Å². The Morgan fingerprint density at radius 3 is 3.11 bits per heavy atom. The van der Waals surface area contributed by atoms with E-state index in [1.54, 1.807) is 11.3 Å². The van der Waals surface area contributed by atoms with Crippen molar-refractivity contribution in [1.82, 2.24) is 15.5 Å². The lowest BCUT2D eigenvalue weighted by Crippen LogP contribution is -2.41. The van der Waals surface area contributed by atoms with Crippen molar-refractivity contribution in [3.05, 3.63) is 20.8 Å². The van der Waals surface area contributed by atoms with Crippen LogP contribution in [0.1, 0.15) is 31.2 Å². The van der Waals surface area contributed by atoms with Crippen LogP contribution in [0.2, 0.25) is 0 Å². The third-order valence-corrected chi connectivity index (χ3v) is 5.18. The van der Waals surface area contributed by atoms with Gasteiger partial charge in [-0.2, -0.15) is 0 Å². The minimum Gasteiger partial charge on any atom is -0.338 e. The van der Waals surface area contributed by atoms with E-state index >= 15 is 0 Å². The number of urea groups is 1. The number of likely N-dealkylation sites (tertiary alicyclic amines) is 1. The van der Waals surface area contributed by atoms with E-state index < -0.39 is 0 Å². The molecule has 1 aromatic heterocycles. The lowest BCUT2D eigenvalue weighted by atomic mass is 10.2. The monoisotopic (exact) mass is 345 g/mol. The molecule has 0 radical (unpaired) electrons. The average Bonchev–Trinajstić information content (AvgIpc) is 2.98. The van der Waals surface area contributed by atoms with E-state index in [2.05, 4.69) is 44.9 Å². The molecule has 0 unspecified atom stereocenters. The van der Waals surface area contributed by atoms with Crippen LogP contribution < -0.4 is 10.6 Å². The van der Waals surface area contributed by atoms with Crippen LogP contribution in [0.3, 0.4) is 0 Å². The molecule has 1 aliphatic rings. The van der Waals surface area contributed by atoms with Crippen LogP contribution >= 0.6 is 27.3 Å².